The average molecular weight is 331 g/mol. The van der Waals surface area contributed by atoms with Crippen molar-refractivity contribution < 1.29 is 4.79 Å². The molecule has 1 aromatic carbocycles. The van der Waals surface area contributed by atoms with E-state index in [1.54, 1.807) is 6.92 Å². The topological polar surface area (TPSA) is 107 Å². The SMILES string of the molecule is Cc1cc(C)c(NC(=O)C(C)Sc2nc(N)cc(N)n2)c(C)c1. The van der Waals surface area contributed by atoms with Gasteiger partial charge in [-0.2, -0.15) is 0 Å². The third-order valence-electron chi connectivity index (χ3n) is 3.32. The Kier molecular flexibility index (Phi) is 5.10. The molecule has 0 radical (unpaired) electrons. The number of nitrogens with two attached hydrogens (primary N) is 2. The molecule has 1 atom stereocenters. The molecule has 1 aromatic heterocycles. The molecule has 1 unspecified atom stereocenters. The summed E-state index contributed by atoms with van der Waals surface area (Å²) >= 11 is 1.22. The number of carbonyl (C=O) groups is 1. The van der Waals surface area contributed by atoms with Crippen LogP contribution in [0.1, 0.15) is 23.6 Å². The lowest BCUT2D eigenvalue weighted by atomic mass is 10.1. The molecule has 0 fully saturated rings. The Morgan fingerprint density at radius 1 is 1.09 bits per heavy atom. The van der Waals surface area contributed by atoms with Crippen LogP contribution in [0, 0.1) is 20.8 Å². The second-order valence-electron chi connectivity index (χ2n) is 5.52. The fourth-order valence-corrected chi connectivity index (χ4v) is 3.13. The normalized spacial score (nSPS) is 12.0. The first kappa shape index (κ1) is 17.1. The smallest absolute Gasteiger partial charge is 0.237 e. The van der Waals surface area contributed by atoms with Gasteiger partial charge < -0.3 is 16.8 Å². The number of nitrogens with one attached hydrogen (secondary N) is 1. The molecule has 5 N–H and O–H groups in total. The molecular weight excluding hydrogens is 310 g/mol. The predicted molar refractivity (Wildman–Crippen MR) is 95.5 cm³/mol. The summed E-state index contributed by atoms with van der Waals surface area (Å²) < 4.78 is 0. The largest absolute Gasteiger partial charge is 0.383 e. The maximum absolute atomic E-state index is 12.4. The number of aromatic nitrogens is 2. The number of rotatable bonds is 4. The van der Waals surface area contributed by atoms with Crippen molar-refractivity contribution in [2.75, 3.05) is 16.8 Å². The number of aryl methyl sites for hydroxylation is 3. The highest BCUT2D eigenvalue weighted by atomic mass is 32.2. The van der Waals surface area contributed by atoms with E-state index in [0.29, 0.717) is 5.16 Å². The van der Waals surface area contributed by atoms with Gasteiger partial charge in [0.05, 0.1) is 5.25 Å². The molecular formula is C16H21N5OS. The van der Waals surface area contributed by atoms with Gasteiger partial charge in [0.25, 0.3) is 0 Å². The van der Waals surface area contributed by atoms with Gasteiger partial charge in [0.15, 0.2) is 5.16 Å². The van der Waals surface area contributed by atoms with Crippen LogP contribution in [0.3, 0.4) is 0 Å². The lowest BCUT2D eigenvalue weighted by molar-refractivity contribution is -0.115. The summed E-state index contributed by atoms with van der Waals surface area (Å²) in [6.45, 7) is 7.79. The summed E-state index contributed by atoms with van der Waals surface area (Å²) in [7, 11) is 0. The molecule has 2 rings (SSSR count). The number of amides is 1. The summed E-state index contributed by atoms with van der Waals surface area (Å²) in [6, 6.07) is 5.57. The van der Waals surface area contributed by atoms with Gasteiger partial charge in [-0.15, -0.1) is 0 Å². The van der Waals surface area contributed by atoms with Crippen molar-refractivity contribution in [2.45, 2.75) is 38.1 Å². The first-order valence-corrected chi connectivity index (χ1v) is 8.09. The molecule has 0 saturated carbocycles. The van der Waals surface area contributed by atoms with Crippen molar-refractivity contribution in [2.24, 2.45) is 0 Å². The van der Waals surface area contributed by atoms with E-state index in [0.717, 1.165) is 16.8 Å². The number of hydrogen-bond donors (Lipinski definition) is 3. The zero-order valence-electron chi connectivity index (χ0n) is 13.7. The third kappa shape index (κ3) is 4.35. The second kappa shape index (κ2) is 6.87. The Morgan fingerprint density at radius 2 is 1.61 bits per heavy atom. The van der Waals surface area contributed by atoms with E-state index in [4.69, 9.17) is 11.5 Å². The zero-order valence-corrected chi connectivity index (χ0v) is 14.5. The summed E-state index contributed by atoms with van der Waals surface area (Å²) in [4.78, 5) is 20.6. The lowest BCUT2D eigenvalue weighted by Gasteiger charge is -2.16. The Hall–Kier alpha value is -2.28. The zero-order chi connectivity index (χ0) is 17.1. The molecule has 0 aliphatic carbocycles. The summed E-state index contributed by atoms with van der Waals surface area (Å²) in [5.41, 5.74) is 15.4. The van der Waals surface area contributed by atoms with Crippen LogP contribution in [0.2, 0.25) is 0 Å². The van der Waals surface area contributed by atoms with Crippen molar-refractivity contribution in [3.05, 3.63) is 34.9 Å². The Morgan fingerprint density at radius 3 is 2.13 bits per heavy atom. The predicted octanol–water partition coefficient (Wildman–Crippen LogP) is 2.69. The first-order valence-electron chi connectivity index (χ1n) is 7.21. The van der Waals surface area contributed by atoms with Crippen LogP contribution in [0.5, 0.6) is 0 Å². The number of anilines is 3. The molecule has 2 aromatic rings. The van der Waals surface area contributed by atoms with Gasteiger partial charge in [0.2, 0.25) is 5.91 Å². The lowest BCUT2D eigenvalue weighted by Crippen LogP contribution is -2.23. The Labute approximate surface area is 140 Å². The van der Waals surface area contributed by atoms with Gasteiger partial charge in [0.1, 0.15) is 11.6 Å². The molecule has 7 heteroatoms. The van der Waals surface area contributed by atoms with E-state index in [1.165, 1.54) is 23.4 Å². The van der Waals surface area contributed by atoms with Crippen LogP contribution in [-0.2, 0) is 4.79 Å². The van der Waals surface area contributed by atoms with Crippen molar-refractivity contribution >= 4 is 35.0 Å². The highest BCUT2D eigenvalue weighted by Gasteiger charge is 2.18. The standard InChI is InChI=1S/C16H21N5OS/c1-8-5-9(2)14(10(3)6-8)21-15(22)11(4)23-16-19-12(17)7-13(18)20-16/h5-7,11H,1-4H3,(H,21,22)(H4,17,18,19,20). The highest BCUT2D eigenvalue weighted by molar-refractivity contribution is 8.00. The van der Waals surface area contributed by atoms with Crippen molar-refractivity contribution in [3.63, 3.8) is 0 Å². The van der Waals surface area contributed by atoms with Gasteiger partial charge >= 0.3 is 0 Å². The molecule has 1 amide bonds. The van der Waals surface area contributed by atoms with Crippen LogP contribution >= 0.6 is 11.8 Å². The average Bonchev–Trinajstić information content (AvgIpc) is 2.41. The van der Waals surface area contributed by atoms with Gasteiger partial charge in [-0.25, -0.2) is 9.97 Å². The van der Waals surface area contributed by atoms with Gasteiger partial charge in [-0.3, -0.25) is 4.79 Å². The third-order valence-corrected chi connectivity index (χ3v) is 4.28. The minimum atomic E-state index is -0.378. The highest BCUT2D eigenvalue weighted by Crippen LogP contribution is 2.25. The molecule has 23 heavy (non-hydrogen) atoms. The fourth-order valence-electron chi connectivity index (χ4n) is 2.33. The maximum atomic E-state index is 12.4. The van der Waals surface area contributed by atoms with E-state index < -0.39 is 0 Å². The molecule has 0 spiro atoms. The molecule has 0 bridgehead atoms. The van der Waals surface area contributed by atoms with Crippen molar-refractivity contribution in [1.29, 1.82) is 0 Å². The second-order valence-corrected chi connectivity index (χ2v) is 6.83. The number of nitrogens with zero attached hydrogens (tertiary/aromatic N) is 2. The first-order chi connectivity index (χ1) is 10.8. The summed E-state index contributed by atoms with van der Waals surface area (Å²) in [5.74, 6) is 0.463. The van der Waals surface area contributed by atoms with Crippen LogP contribution < -0.4 is 16.8 Å². The van der Waals surface area contributed by atoms with E-state index in [1.807, 2.05) is 32.9 Å². The number of carbonyl (C=O) groups excluding carboxylic acids is 1. The van der Waals surface area contributed by atoms with Gasteiger partial charge in [-0.05, 0) is 38.8 Å². The number of hydrogen-bond acceptors (Lipinski definition) is 6. The fraction of sp³-hybridized carbons (Fsp3) is 0.312. The Bertz CT molecular complexity index is 704. The monoisotopic (exact) mass is 331 g/mol. The van der Waals surface area contributed by atoms with Crippen LogP contribution in [0.15, 0.2) is 23.4 Å². The van der Waals surface area contributed by atoms with Gasteiger partial charge in [0, 0.05) is 11.8 Å². The number of nitrogen functional groups attached to an aromatic ring is 2. The van der Waals surface area contributed by atoms with E-state index in [9.17, 15) is 4.79 Å². The van der Waals surface area contributed by atoms with E-state index in [-0.39, 0.29) is 22.8 Å². The van der Waals surface area contributed by atoms with Crippen LogP contribution in [-0.4, -0.2) is 21.1 Å². The molecule has 0 saturated heterocycles. The minimum Gasteiger partial charge on any atom is -0.383 e. The minimum absolute atomic E-state index is 0.116. The molecule has 0 aliphatic rings. The van der Waals surface area contributed by atoms with E-state index in [2.05, 4.69) is 15.3 Å². The Balaban J connectivity index is 2.11. The van der Waals surface area contributed by atoms with E-state index >= 15 is 0 Å². The van der Waals surface area contributed by atoms with Crippen LogP contribution in [0.25, 0.3) is 0 Å². The van der Waals surface area contributed by atoms with Gasteiger partial charge in [-0.1, -0.05) is 29.5 Å². The number of thioether (sulfide) groups is 1. The summed E-state index contributed by atoms with van der Waals surface area (Å²) in [6.07, 6.45) is 0. The number of benzene rings is 1. The molecule has 0 aliphatic heterocycles. The molecule has 1 heterocycles. The quantitative estimate of drug-likeness (QED) is 0.587. The molecule has 6 nitrogen and oxygen atoms in total. The van der Waals surface area contributed by atoms with Crippen molar-refractivity contribution in [3.8, 4) is 0 Å². The maximum Gasteiger partial charge on any atom is 0.237 e. The van der Waals surface area contributed by atoms with Crippen LogP contribution in [0.4, 0.5) is 17.3 Å². The van der Waals surface area contributed by atoms with Crippen molar-refractivity contribution in [1.82, 2.24) is 9.97 Å². The summed E-state index contributed by atoms with van der Waals surface area (Å²) in [5, 5.41) is 2.99. The molecule has 122 valence electrons.